The SMILES string of the molecule is Cc1ccc2c(Br)cnc(OCC3CCCN3)c2c1. The van der Waals surface area contributed by atoms with Gasteiger partial charge < -0.3 is 10.1 Å². The maximum Gasteiger partial charge on any atom is 0.221 e. The van der Waals surface area contributed by atoms with Gasteiger partial charge in [0.25, 0.3) is 0 Å². The summed E-state index contributed by atoms with van der Waals surface area (Å²) in [5, 5.41) is 5.66. The summed E-state index contributed by atoms with van der Waals surface area (Å²) in [5.41, 5.74) is 1.22. The number of aromatic nitrogens is 1. The molecule has 1 aliphatic rings. The van der Waals surface area contributed by atoms with Crippen LogP contribution in [0.1, 0.15) is 18.4 Å². The van der Waals surface area contributed by atoms with Gasteiger partial charge in [0.1, 0.15) is 6.61 Å². The van der Waals surface area contributed by atoms with Crippen molar-refractivity contribution >= 4 is 26.7 Å². The van der Waals surface area contributed by atoms with Crippen LogP contribution in [0.25, 0.3) is 10.8 Å². The van der Waals surface area contributed by atoms with Crippen molar-refractivity contribution < 1.29 is 4.74 Å². The van der Waals surface area contributed by atoms with E-state index in [0.717, 1.165) is 27.7 Å². The molecule has 0 amide bonds. The molecular weight excluding hydrogens is 304 g/mol. The lowest BCUT2D eigenvalue weighted by Gasteiger charge is -2.13. The summed E-state index contributed by atoms with van der Waals surface area (Å²) in [6.07, 6.45) is 4.24. The molecule has 1 aliphatic heterocycles. The first-order valence-electron chi connectivity index (χ1n) is 6.65. The van der Waals surface area contributed by atoms with Gasteiger partial charge in [0.05, 0.1) is 0 Å². The molecule has 19 heavy (non-hydrogen) atoms. The highest BCUT2D eigenvalue weighted by Crippen LogP contribution is 2.30. The lowest BCUT2D eigenvalue weighted by molar-refractivity contribution is 0.271. The molecule has 100 valence electrons. The van der Waals surface area contributed by atoms with E-state index in [1.807, 2.05) is 6.20 Å². The average molecular weight is 321 g/mol. The number of rotatable bonds is 3. The minimum Gasteiger partial charge on any atom is -0.476 e. The van der Waals surface area contributed by atoms with Gasteiger partial charge in [-0.2, -0.15) is 0 Å². The smallest absolute Gasteiger partial charge is 0.221 e. The first-order valence-corrected chi connectivity index (χ1v) is 7.44. The molecule has 1 aromatic carbocycles. The van der Waals surface area contributed by atoms with Crippen molar-refractivity contribution in [2.24, 2.45) is 0 Å². The van der Waals surface area contributed by atoms with Gasteiger partial charge in [-0.1, -0.05) is 17.7 Å². The van der Waals surface area contributed by atoms with E-state index >= 15 is 0 Å². The van der Waals surface area contributed by atoms with E-state index in [4.69, 9.17) is 4.74 Å². The topological polar surface area (TPSA) is 34.1 Å². The van der Waals surface area contributed by atoms with Crippen molar-refractivity contribution in [3.8, 4) is 5.88 Å². The lowest BCUT2D eigenvalue weighted by Crippen LogP contribution is -2.28. The number of halogens is 1. The normalized spacial score (nSPS) is 18.9. The highest BCUT2D eigenvalue weighted by molar-refractivity contribution is 9.10. The fourth-order valence-corrected chi connectivity index (χ4v) is 2.94. The molecule has 2 heterocycles. The van der Waals surface area contributed by atoms with E-state index in [1.165, 1.54) is 18.4 Å². The Morgan fingerprint density at radius 1 is 1.42 bits per heavy atom. The Bertz CT molecular complexity index is 594. The van der Waals surface area contributed by atoms with Crippen LogP contribution in [0.5, 0.6) is 5.88 Å². The Balaban J connectivity index is 1.89. The van der Waals surface area contributed by atoms with Gasteiger partial charge in [0.2, 0.25) is 5.88 Å². The standard InChI is InChI=1S/C15H17BrN2O/c1-10-4-5-12-13(7-10)15(18-8-14(12)16)19-9-11-3-2-6-17-11/h4-5,7-8,11,17H,2-3,6,9H2,1H3. The molecule has 0 spiro atoms. The summed E-state index contributed by atoms with van der Waals surface area (Å²) in [7, 11) is 0. The molecular formula is C15H17BrN2O. The third-order valence-electron chi connectivity index (χ3n) is 3.54. The lowest BCUT2D eigenvalue weighted by atomic mass is 10.1. The minimum atomic E-state index is 0.463. The number of ether oxygens (including phenoxy) is 1. The van der Waals surface area contributed by atoms with Gasteiger partial charge in [-0.15, -0.1) is 0 Å². The number of hydrogen-bond donors (Lipinski definition) is 1. The summed E-state index contributed by atoms with van der Waals surface area (Å²) in [6, 6.07) is 6.81. The zero-order valence-electron chi connectivity index (χ0n) is 10.9. The van der Waals surface area contributed by atoms with Gasteiger partial charge in [-0.25, -0.2) is 4.98 Å². The molecule has 3 nitrogen and oxygen atoms in total. The summed E-state index contributed by atoms with van der Waals surface area (Å²) in [6.45, 7) is 3.88. The number of nitrogens with zero attached hydrogens (tertiary/aromatic N) is 1. The first kappa shape index (κ1) is 12.9. The predicted octanol–water partition coefficient (Wildman–Crippen LogP) is 3.44. The molecule has 0 saturated carbocycles. The second-order valence-electron chi connectivity index (χ2n) is 5.06. The minimum absolute atomic E-state index is 0.463. The van der Waals surface area contributed by atoms with Crippen molar-refractivity contribution in [1.82, 2.24) is 10.3 Å². The number of fused-ring (bicyclic) bond motifs is 1. The fourth-order valence-electron chi connectivity index (χ4n) is 2.49. The highest BCUT2D eigenvalue weighted by atomic mass is 79.9. The largest absolute Gasteiger partial charge is 0.476 e. The van der Waals surface area contributed by atoms with Crippen LogP contribution in [0.15, 0.2) is 28.9 Å². The van der Waals surface area contributed by atoms with Gasteiger partial charge in [-0.05, 0) is 48.3 Å². The Morgan fingerprint density at radius 3 is 3.11 bits per heavy atom. The molecule has 1 atom stereocenters. The Kier molecular flexibility index (Phi) is 3.71. The predicted molar refractivity (Wildman–Crippen MR) is 80.7 cm³/mol. The van der Waals surface area contributed by atoms with Gasteiger partial charge in [0.15, 0.2) is 0 Å². The van der Waals surface area contributed by atoms with E-state index in [2.05, 4.69) is 51.4 Å². The van der Waals surface area contributed by atoms with Crippen molar-refractivity contribution in [3.05, 3.63) is 34.4 Å². The second kappa shape index (κ2) is 5.47. The summed E-state index contributed by atoms with van der Waals surface area (Å²) < 4.78 is 6.93. The van der Waals surface area contributed by atoms with Crippen LogP contribution in [0.2, 0.25) is 0 Å². The van der Waals surface area contributed by atoms with E-state index in [0.29, 0.717) is 12.6 Å². The quantitative estimate of drug-likeness (QED) is 0.940. The molecule has 0 radical (unpaired) electrons. The highest BCUT2D eigenvalue weighted by Gasteiger charge is 2.16. The Hall–Kier alpha value is -1.13. The van der Waals surface area contributed by atoms with E-state index in [9.17, 15) is 0 Å². The van der Waals surface area contributed by atoms with Crippen LogP contribution in [-0.4, -0.2) is 24.2 Å². The van der Waals surface area contributed by atoms with Gasteiger partial charge in [-0.3, -0.25) is 0 Å². The van der Waals surface area contributed by atoms with Crippen LogP contribution in [0, 0.1) is 6.92 Å². The van der Waals surface area contributed by atoms with Crippen molar-refractivity contribution in [2.75, 3.05) is 13.2 Å². The molecule has 2 aromatic rings. The monoisotopic (exact) mass is 320 g/mol. The van der Waals surface area contributed by atoms with Crippen LogP contribution < -0.4 is 10.1 Å². The molecule has 1 fully saturated rings. The summed E-state index contributed by atoms with van der Waals surface area (Å²) in [4.78, 5) is 4.41. The number of nitrogens with one attached hydrogen (secondary N) is 1. The Morgan fingerprint density at radius 2 is 2.32 bits per heavy atom. The van der Waals surface area contributed by atoms with Crippen LogP contribution in [-0.2, 0) is 0 Å². The van der Waals surface area contributed by atoms with Crippen LogP contribution in [0.4, 0.5) is 0 Å². The van der Waals surface area contributed by atoms with Crippen LogP contribution >= 0.6 is 15.9 Å². The third-order valence-corrected chi connectivity index (χ3v) is 4.17. The Labute approximate surface area is 121 Å². The van der Waals surface area contributed by atoms with Crippen molar-refractivity contribution in [2.45, 2.75) is 25.8 Å². The summed E-state index contributed by atoms with van der Waals surface area (Å²) in [5.74, 6) is 0.732. The molecule has 0 aliphatic carbocycles. The second-order valence-corrected chi connectivity index (χ2v) is 5.92. The molecule has 1 aromatic heterocycles. The fraction of sp³-hybridized carbons (Fsp3) is 0.400. The van der Waals surface area contributed by atoms with Gasteiger partial charge in [0, 0.05) is 27.5 Å². The van der Waals surface area contributed by atoms with Gasteiger partial charge >= 0.3 is 0 Å². The van der Waals surface area contributed by atoms with E-state index in [1.54, 1.807) is 0 Å². The third kappa shape index (κ3) is 2.74. The van der Waals surface area contributed by atoms with Crippen molar-refractivity contribution in [3.63, 3.8) is 0 Å². The molecule has 1 N–H and O–H groups in total. The zero-order chi connectivity index (χ0) is 13.2. The molecule has 0 bridgehead atoms. The molecule has 1 saturated heterocycles. The van der Waals surface area contributed by atoms with E-state index in [-0.39, 0.29) is 0 Å². The number of aryl methyl sites for hydroxylation is 1. The maximum atomic E-state index is 5.92. The van der Waals surface area contributed by atoms with E-state index < -0.39 is 0 Å². The van der Waals surface area contributed by atoms with Crippen molar-refractivity contribution in [1.29, 1.82) is 0 Å². The number of benzene rings is 1. The molecule has 4 heteroatoms. The summed E-state index contributed by atoms with van der Waals surface area (Å²) >= 11 is 3.54. The number of hydrogen-bond acceptors (Lipinski definition) is 3. The molecule has 3 rings (SSSR count). The van der Waals surface area contributed by atoms with Crippen LogP contribution in [0.3, 0.4) is 0 Å². The molecule has 1 unspecified atom stereocenters. The zero-order valence-corrected chi connectivity index (χ0v) is 12.5. The number of pyridine rings is 1. The maximum absolute atomic E-state index is 5.92. The average Bonchev–Trinajstić information content (AvgIpc) is 2.91. The first-order chi connectivity index (χ1) is 9.24.